The highest BCUT2D eigenvalue weighted by Gasteiger charge is 2.29. The van der Waals surface area contributed by atoms with E-state index in [1.165, 1.54) is 5.56 Å². The lowest BCUT2D eigenvalue weighted by atomic mass is 9.87. The molecule has 1 aromatic carbocycles. The van der Waals surface area contributed by atoms with E-state index in [1.807, 2.05) is 30.0 Å². The van der Waals surface area contributed by atoms with Crippen molar-refractivity contribution >= 4 is 11.8 Å². The average molecular weight is 280 g/mol. The Morgan fingerprint density at radius 1 is 1.32 bits per heavy atom. The minimum absolute atomic E-state index is 0.00578. The summed E-state index contributed by atoms with van der Waals surface area (Å²) in [6.07, 6.45) is 1.37. The number of para-hydroxylation sites is 1. The van der Waals surface area contributed by atoms with Crippen molar-refractivity contribution in [3.63, 3.8) is 0 Å². The maximum absolute atomic E-state index is 10.4. The van der Waals surface area contributed by atoms with E-state index in [0.29, 0.717) is 5.92 Å². The molecule has 0 aliphatic carbocycles. The van der Waals surface area contributed by atoms with Gasteiger partial charge in [0, 0.05) is 11.5 Å². The first-order valence-corrected chi connectivity index (χ1v) is 8.09. The zero-order valence-corrected chi connectivity index (χ0v) is 11.8. The summed E-state index contributed by atoms with van der Waals surface area (Å²) in [4.78, 5) is 0. The van der Waals surface area contributed by atoms with E-state index in [-0.39, 0.29) is 12.2 Å². The standard InChI is InChI=1S/C15H20O3S/c16-13(15-10-19-8-7-18-15)9-11-5-6-17-14-4-2-1-3-12(11)14/h1-4,11,13,15-16H,5-10H2. The van der Waals surface area contributed by atoms with Crippen LogP contribution in [-0.4, -0.2) is 42.0 Å². The van der Waals surface area contributed by atoms with Crippen LogP contribution in [0.5, 0.6) is 5.75 Å². The first-order valence-electron chi connectivity index (χ1n) is 6.94. The number of rotatable bonds is 3. The maximum Gasteiger partial charge on any atom is 0.122 e. The summed E-state index contributed by atoms with van der Waals surface area (Å²) in [6, 6.07) is 8.17. The molecular weight excluding hydrogens is 260 g/mol. The van der Waals surface area contributed by atoms with E-state index in [1.54, 1.807) is 0 Å². The van der Waals surface area contributed by atoms with Crippen molar-refractivity contribution in [2.45, 2.75) is 31.0 Å². The first-order chi connectivity index (χ1) is 9.34. The molecular formula is C15H20O3S. The van der Waals surface area contributed by atoms with Crippen molar-refractivity contribution in [3.05, 3.63) is 29.8 Å². The Balaban J connectivity index is 1.66. The minimum Gasteiger partial charge on any atom is -0.493 e. The quantitative estimate of drug-likeness (QED) is 0.923. The summed E-state index contributed by atoms with van der Waals surface area (Å²) < 4.78 is 11.3. The van der Waals surface area contributed by atoms with Crippen LogP contribution in [0.15, 0.2) is 24.3 Å². The summed E-state index contributed by atoms with van der Waals surface area (Å²) in [5, 5.41) is 10.4. The van der Waals surface area contributed by atoms with E-state index in [2.05, 4.69) is 6.07 Å². The number of fused-ring (bicyclic) bond motifs is 1. The number of ether oxygens (including phenoxy) is 2. The predicted octanol–water partition coefficient (Wildman–Crippen LogP) is 2.44. The van der Waals surface area contributed by atoms with Crippen LogP contribution in [-0.2, 0) is 4.74 Å². The summed E-state index contributed by atoms with van der Waals surface area (Å²) in [5.74, 6) is 3.32. The third-order valence-corrected chi connectivity index (χ3v) is 4.90. The molecule has 0 saturated carbocycles. The normalized spacial score (nSPS) is 28.3. The molecule has 0 bridgehead atoms. The van der Waals surface area contributed by atoms with Gasteiger partial charge in [-0.05, 0) is 30.4 Å². The van der Waals surface area contributed by atoms with Crippen LogP contribution < -0.4 is 4.74 Å². The van der Waals surface area contributed by atoms with Gasteiger partial charge in [0.2, 0.25) is 0 Å². The Bertz CT molecular complexity index is 418. The van der Waals surface area contributed by atoms with Crippen LogP contribution in [0.3, 0.4) is 0 Å². The molecule has 19 heavy (non-hydrogen) atoms. The second-order valence-electron chi connectivity index (χ2n) is 5.16. The average Bonchev–Trinajstić information content (AvgIpc) is 2.48. The monoisotopic (exact) mass is 280 g/mol. The molecule has 4 heteroatoms. The van der Waals surface area contributed by atoms with Crippen LogP contribution >= 0.6 is 11.8 Å². The highest BCUT2D eigenvalue weighted by molar-refractivity contribution is 7.99. The predicted molar refractivity (Wildman–Crippen MR) is 77.0 cm³/mol. The van der Waals surface area contributed by atoms with Gasteiger partial charge in [0.1, 0.15) is 5.75 Å². The zero-order valence-electron chi connectivity index (χ0n) is 11.0. The molecule has 0 amide bonds. The molecule has 2 aliphatic rings. The largest absolute Gasteiger partial charge is 0.493 e. The molecule has 1 aromatic rings. The second kappa shape index (κ2) is 6.16. The maximum atomic E-state index is 10.4. The fraction of sp³-hybridized carbons (Fsp3) is 0.600. The van der Waals surface area contributed by atoms with Gasteiger partial charge in [-0.2, -0.15) is 11.8 Å². The van der Waals surface area contributed by atoms with Crippen LogP contribution in [0.4, 0.5) is 0 Å². The van der Waals surface area contributed by atoms with Crippen LogP contribution in [0.25, 0.3) is 0 Å². The van der Waals surface area contributed by atoms with Gasteiger partial charge in [-0.15, -0.1) is 0 Å². The van der Waals surface area contributed by atoms with Gasteiger partial charge < -0.3 is 14.6 Å². The van der Waals surface area contributed by atoms with Gasteiger partial charge >= 0.3 is 0 Å². The summed E-state index contributed by atoms with van der Waals surface area (Å²) in [6.45, 7) is 1.51. The summed E-state index contributed by atoms with van der Waals surface area (Å²) in [7, 11) is 0. The molecule has 2 aliphatic heterocycles. The summed E-state index contributed by atoms with van der Waals surface area (Å²) in [5.41, 5.74) is 1.23. The molecule has 1 N–H and O–H groups in total. The van der Waals surface area contributed by atoms with Gasteiger partial charge in [-0.1, -0.05) is 18.2 Å². The fourth-order valence-electron chi connectivity index (χ4n) is 2.83. The molecule has 3 rings (SSSR count). The third-order valence-electron chi connectivity index (χ3n) is 3.88. The Hall–Kier alpha value is -0.710. The topological polar surface area (TPSA) is 38.7 Å². The van der Waals surface area contributed by atoms with Crippen molar-refractivity contribution in [3.8, 4) is 5.75 Å². The lowest BCUT2D eigenvalue weighted by molar-refractivity contribution is -0.0288. The first kappa shape index (κ1) is 13.3. The Morgan fingerprint density at radius 3 is 3.05 bits per heavy atom. The number of aliphatic hydroxyl groups excluding tert-OH is 1. The number of benzene rings is 1. The number of aliphatic hydroxyl groups is 1. The van der Waals surface area contributed by atoms with Crippen LogP contribution in [0.2, 0.25) is 0 Å². The molecule has 1 saturated heterocycles. The fourth-order valence-corrected chi connectivity index (χ4v) is 3.76. The van der Waals surface area contributed by atoms with E-state index < -0.39 is 0 Å². The Morgan fingerprint density at radius 2 is 2.21 bits per heavy atom. The molecule has 0 aromatic heterocycles. The lowest BCUT2D eigenvalue weighted by Crippen LogP contribution is -2.36. The summed E-state index contributed by atoms with van der Waals surface area (Å²) >= 11 is 1.87. The lowest BCUT2D eigenvalue weighted by Gasteiger charge is -2.31. The molecule has 104 valence electrons. The highest BCUT2D eigenvalue weighted by Crippen LogP contribution is 2.37. The van der Waals surface area contributed by atoms with Crippen LogP contribution in [0.1, 0.15) is 24.3 Å². The zero-order chi connectivity index (χ0) is 13.1. The van der Waals surface area contributed by atoms with Crippen molar-refractivity contribution in [1.82, 2.24) is 0 Å². The van der Waals surface area contributed by atoms with Gasteiger partial charge in [0.25, 0.3) is 0 Å². The van der Waals surface area contributed by atoms with E-state index in [4.69, 9.17) is 9.47 Å². The molecule has 0 radical (unpaired) electrons. The molecule has 3 atom stereocenters. The van der Waals surface area contributed by atoms with Gasteiger partial charge in [0.15, 0.2) is 0 Å². The molecule has 0 spiro atoms. The van der Waals surface area contributed by atoms with E-state index in [0.717, 1.165) is 43.3 Å². The van der Waals surface area contributed by atoms with Crippen LogP contribution in [0, 0.1) is 0 Å². The van der Waals surface area contributed by atoms with E-state index >= 15 is 0 Å². The Labute approximate surface area is 118 Å². The molecule has 3 nitrogen and oxygen atoms in total. The van der Waals surface area contributed by atoms with Crippen molar-refractivity contribution in [2.75, 3.05) is 24.7 Å². The van der Waals surface area contributed by atoms with Gasteiger partial charge in [0.05, 0.1) is 25.4 Å². The Kier molecular flexibility index (Phi) is 4.31. The van der Waals surface area contributed by atoms with Crippen molar-refractivity contribution < 1.29 is 14.6 Å². The van der Waals surface area contributed by atoms with Crippen molar-refractivity contribution in [2.24, 2.45) is 0 Å². The molecule has 1 fully saturated rings. The SMILES string of the molecule is OC(CC1CCOc2ccccc21)C1CSCCO1. The number of hydrogen-bond donors (Lipinski definition) is 1. The van der Waals surface area contributed by atoms with Crippen molar-refractivity contribution in [1.29, 1.82) is 0 Å². The highest BCUT2D eigenvalue weighted by atomic mass is 32.2. The second-order valence-corrected chi connectivity index (χ2v) is 6.31. The third kappa shape index (κ3) is 3.07. The molecule has 3 unspecified atom stereocenters. The van der Waals surface area contributed by atoms with Gasteiger partial charge in [-0.25, -0.2) is 0 Å². The van der Waals surface area contributed by atoms with E-state index in [9.17, 15) is 5.11 Å². The number of thioether (sulfide) groups is 1. The molecule has 2 heterocycles. The smallest absolute Gasteiger partial charge is 0.122 e. The minimum atomic E-state index is -0.371. The number of hydrogen-bond acceptors (Lipinski definition) is 4. The van der Waals surface area contributed by atoms with Gasteiger partial charge in [-0.3, -0.25) is 0 Å².